The summed E-state index contributed by atoms with van der Waals surface area (Å²) in [7, 11) is 0. The molecule has 2 atom stereocenters. The highest BCUT2D eigenvalue weighted by molar-refractivity contribution is 9.10. The Balaban J connectivity index is 1.98. The zero-order chi connectivity index (χ0) is 12.5. The summed E-state index contributed by atoms with van der Waals surface area (Å²) in [4.78, 5) is 19.7. The van der Waals surface area contributed by atoms with Crippen molar-refractivity contribution in [3.63, 3.8) is 0 Å². The maximum Gasteiger partial charge on any atom is 0.242 e. The Bertz CT molecular complexity index is 440. The van der Waals surface area contributed by atoms with Crippen LogP contribution in [0.2, 0.25) is 0 Å². The molecule has 1 aliphatic rings. The van der Waals surface area contributed by atoms with Crippen LogP contribution in [0.3, 0.4) is 0 Å². The number of hydrogen-bond donors (Lipinski definition) is 2. The van der Waals surface area contributed by atoms with Crippen molar-refractivity contribution in [3.8, 4) is 0 Å². The molecule has 0 spiro atoms. The third-order valence-corrected chi connectivity index (χ3v) is 2.90. The number of nitrogens with zero attached hydrogens (tertiary/aromatic N) is 2. The molecule has 5 nitrogen and oxygen atoms in total. The lowest BCUT2D eigenvalue weighted by Crippen LogP contribution is -2.35. The molecular formula is C10H12BrFN4O. The Morgan fingerprint density at radius 2 is 2.47 bits per heavy atom. The summed E-state index contributed by atoms with van der Waals surface area (Å²) in [6, 6.07) is -0.522. The van der Waals surface area contributed by atoms with Gasteiger partial charge in [-0.1, -0.05) is 0 Å². The van der Waals surface area contributed by atoms with Gasteiger partial charge in [0.15, 0.2) is 5.82 Å². The van der Waals surface area contributed by atoms with Crippen molar-refractivity contribution in [1.82, 2.24) is 15.3 Å². The monoisotopic (exact) mass is 302 g/mol. The predicted molar refractivity (Wildman–Crippen MR) is 64.3 cm³/mol. The van der Waals surface area contributed by atoms with E-state index in [0.29, 0.717) is 10.4 Å². The number of amides is 1. The van der Waals surface area contributed by atoms with Gasteiger partial charge in [0.05, 0.1) is 18.4 Å². The molecule has 2 heterocycles. The van der Waals surface area contributed by atoms with Crippen LogP contribution in [0.4, 0.5) is 10.2 Å². The lowest BCUT2D eigenvalue weighted by molar-refractivity contribution is -0.118. The summed E-state index contributed by atoms with van der Waals surface area (Å²) < 4.78 is 14.1. The van der Waals surface area contributed by atoms with E-state index in [9.17, 15) is 9.18 Å². The van der Waals surface area contributed by atoms with E-state index in [-0.39, 0.29) is 18.9 Å². The maximum absolute atomic E-state index is 13.5. The number of rotatable bonds is 2. The van der Waals surface area contributed by atoms with Gasteiger partial charge >= 0.3 is 0 Å². The van der Waals surface area contributed by atoms with Crippen LogP contribution >= 0.6 is 15.9 Å². The van der Waals surface area contributed by atoms with E-state index >= 15 is 0 Å². The molecule has 2 rings (SSSR count). The molecule has 0 aromatic carbocycles. The molecule has 1 amide bonds. The summed E-state index contributed by atoms with van der Waals surface area (Å²) in [5, 5.41) is 5.43. The molecular weight excluding hydrogens is 291 g/mol. The molecule has 0 aliphatic carbocycles. The molecule has 17 heavy (non-hydrogen) atoms. The van der Waals surface area contributed by atoms with Crippen LogP contribution in [0.15, 0.2) is 17.0 Å². The minimum atomic E-state index is -1.33. The van der Waals surface area contributed by atoms with Crippen molar-refractivity contribution in [2.45, 2.75) is 25.1 Å². The van der Waals surface area contributed by atoms with Gasteiger partial charge in [0.25, 0.3) is 0 Å². The highest BCUT2D eigenvalue weighted by Crippen LogP contribution is 2.23. The number of nitrogens with one attached hydrogen (secondary N) is 2. The highest BCUT2D eigenvalue weighted by atomic mass is 79.9. The lowest BCUT2D eigenvalue weighted by Gasteiger charge is -2.11. The van der Waals surface area contributed by atoms with Crippen LogP contribution in [0.25, 0.3) is 0 Å². The Hall–Kier alpha value is -1.08. The maximum atomic E-state index is 13.5. The molecule has 2 N–H and O–H groups in total. The summed E-state index contributed by atoms with van der Waals surface area (Å²) in [6.45, 7) is 1.67. The molecule has 0 unspecified atom stereocenters. The fourth-order valence-electron chi connectivity index (χ4n) is 1.71. The second kappa shape index (κ2) is 4.66. The average Bonchev–Trinajstić information content (AvgIpc) is 2.59. The second-order valence-corrected chi connectivity index (χ2v) is 5.08. The van der Waals surface area contributed by atoms with Crippen LogP contribution < -0.4 is 10.6 Å². The van der Waals surface area contributed by atoms with Gasteiger partial charge in [-0.2, -0.15) is 0 Å². The summed E-state index contributed by atoms with van der Waals surface area (Å²) in [5.74, 6) is 0.0532. The summed E-state index contributed by atoms with van der Waals surface area (Å²) >= 11 is 3.15. The Labute approximate surface area is 106 Å². The lowest BCUT2D eigenvalue weighted by atomic mass is 10.0. The predicted octanol–water partition coefficient (Wildman–Crippen LogP) is 1.27. The fourth-order valence-corrected chi connectivity index (χ4v) is 2.02. The number of aromatic nitrogens is 2. The van der Waals surface area contributed by atoms with Crippen molar-refractivity contribution >= 4 is 27.7 Å². The van der Waals surface area contributed by atoms with Crippen LogP contribution in [0.1, 0.15) is 13.3 Å². The van der Waals surface area contributed by atoms with E-state index in [0.717, 1.165) is 0 Å². The van der Waals surface area contributed by atoms with Crippen molar-refractivity contribution < 1.29 is 9.18 Å². The van der Waals surface area contributed by atoms with E-state index in [4.69, 9.17) is 0 Å². The van der Waals surface area contributed by atoms with E-state index < -0.39 is 11.7 Å². The molecule has 0 bridgehead atoms. The fraction of sp³-hybridized carbons (Fsp3) is 0.500. The molecule has 1 aromatic rings. The molecule has 92 valence electrons. The number of alkyl halides is 1. The smallest absolute Gasteiger partial charge is 0.242 e. The average molecular weight is 303 g/mol. The summed E-state index contributed by atoms with van der Waals surface area (Å²) in [6.07, 6.45) is 3.12. The van der Waals surface area contributed by atoms with Crippen molar-refractivity contribution in [3.05, 3.63) is 17.0 Å². The molecule has 0 radical (unpaired) electrons. The first-order valence-electron chi connectivity index (χ1n) is 5.17. The normalized spacial score (nSPS) is 28.1. The first-order chi connectivity index (χ1) is 7.96. The first-order valence-corrected chi connectivity index (χ1v) is 5.96. The molecule has 1 aliphatic heterocycles. The third kappa shape index (κ3) is 3.19. The van der Waals surface area contributed by atoms with E-state index in [1.165, 1.54) is 19.3 Å². The zero-order valence-corrected chi connectivity index (χ0v) is 10.8. The molecule has 7 heteroatoms. The Morgan fingerprint density at radius 3 is 3.06 bits per heavy atom. The van der Waals surface area contributed by atoms with E-state index in [1.807, 2.05) is 0 Å². The minimum Gasteiger partial charge on any atom is -0.308 e. The SMILES string of the molecule is C[C@]1(F)CN[C@H](C(=O)Nc2cncc(Br)n2)C1. The van der Waals surface area contributed by atoms with Gasteiger partial charge in [0.2, 0.25) is 5.91 Å². The standard InChI is InChI=1S/C10H12BrFN4O/c1-10(12)2-6(14-5-10)9(17)16-8-4-13-3-7(11)15-8/h3-4,6,14H,2,5H2,1H3,(H,15,16,17)/t6-,10+/m0/s1. The van der Waals surface area contributed by atoms with Gasteiger partial charge in [0, 0.05) is 13.0 Å². The van der Waals surface area contributed by atoms with Gasteiger partial charge in [-0.05, 0) is 22.9 Å². The van der Waals surface area contributed by atoms with Crippen molar-refractivity contribution in [2.24, 2.45) is 0 Å². The molecule has 1 aromatic heterocycles. The zero-order valence-electron chi connectivity index (χ0n) is 9.20. The number of halogens is 2. The van der Waals surface area contributed by atoms with Crippen molar-refractivity contribution in [2.75, 3.05) is 11.9 Å². The van der Waals surface area contributed by atoms with Gasteiger partial charge in [-0.25, -0.2) is 9.37 Å². The van der Waals surface area contributed by atoms with Crippen molar-refractivity contribution in [1.29, 1.82) is 0 Å². The quantitative estimate of drug-likeness (QED) is 0.863. The Kier molecular flexibility index (Phi) is 3.39. The van der Waals surface area contributed by atoms with E-state index in [2.05, 4.69) is 36.5 Å². The summed E-state index contributed by atoms with van der Waals surface area (Å²) in [5.41, 5.74) is -1.33. The number of hydrogen-bond acceptors (Lipinski definition) is 4. The Morgan fingerprint density at radius 1 is 1.71 bits per heavy atom. The van der Waals surface area contributed by atoms with Gasteiger partial charge < -0.3 is 10.6 Å². The number of anilines is 1. The van der Waals surface area contributed by atoms with Crippen LogP contribution in [0, 0.1) is 0 Å². The molecule has 1 fully saturated rings. The minimum absolute atomic E-state index is 0.167. The van der Waals surface area contributed by atoms with Gasteiger partial charge in [-0.3, -0.25) is 9.78 Å². The van der Waals surface area contributed by atoms with Crippen LogP contribution in [-0.4, -0.2) is 34.1 Å². The first kappa shape index (κ1) is 12.4. The second-order valence-electron chi connectivity index (χ2n) is 4.27. The highest BCUT2D eigenvalue weighted by Gasteiger charge is 2.38. The molecule has 1 saturated heterocycles. The number of carbonyl (C=O) groups is 1. The van der Waals surface area contributed by atoms with Crippen LogP contribution in [0.5, 0.6) is 0 Å². The largest absolute Gasteiger partial charge is 0.308 e. The third-order valence-electron chi connectivity index (χ3n) is 2.52. The molecule has 0 saturated carbocycles. The number of carbonyl (C=O) groups excluding carboxylic acids is 1. The van der Waals surface area contributed by atoms with Gasteiger partial charge in [0.1, 0.15) is 10.3 Å². The van der Waals surface area contributed by atoms with Gasteiger partial charge in [-0.15, -0.1) is 0 Å². The topological polar surface area (TPSA) is 66.9 Å². The van der Waals surface area contributed by atoms with Crippen LogP contribution in [-0.2, 0) is 4.79 Å². The van der Waals surface area contributed by atoms with E-state index in [1.54, 1.807) is 0 Å².